The van der Waals surface area contributed by atoms with Crippen molar-refractivity contribution in [2.75, 3.05) is 7.11 Å². The Hall–Kier alpha value is -2.04. The van der Waals surface area contributed by atoms with Gasteiger partial charge in [-0.15, -0.1) is 0 Å². The van der Waals surface area contributed by atoms with E-state index in [4.69, 9.17) is 4.74 Å². The van der Waals surface area contributed by atoms with Crippen molar-refractivity contribution in [1.29, 1.82) is 0 Å². The lowest BCUT2D eigenvalue weighted by molar-refractivity contribution is 0.386. The first kappa shape index (κ1) is 10.5. The van der Waals surface area contributed by atoms with Crippen molar-refractivity contribution in [2.24, 2.45) is 7.05 Å². The first-order valence-electron chi connectivity index (χ1n) is 4.68. The van der Waals surface area contributed by atoms with Crippen LogP contribution in [0.2, 0.25) is 0 Å². The summed E-state index contributed by atoms with van der Waals surface area (Å²) < 4.78 is 19.6. The normalized spacial score (nSPS) is 10.4. The summed E-state index contributed by atoms with van der Waals surface area (Å²) in [4.78, 5) is 0. The molecular formula is C11H11FN2O2. The van der Waals surface area contributed by atoms with E-state index in [1.807, 2.05) is 0 Å². The number of benzene rings is 1. The molecule has 0 aliphatic heterocycles. The molecule has 0 fully saturated rings. The number of rotatable bonds is 2. The molecule has 0 aliphatic rings. The van der Waals surface area contributed by atoms with Gasteiger partial charge < -0.3 is 9.84 Å². The lowest BCUT2D eigenvalue weighted by Gasteiger charge is -2.02. The molecule has 1 heterocycles. The number of aromatic hydroxyl groups is 1. The van der Waals surface area contributed by atoms with Crippen LogP contribution in [0.25, 0.3) is 11.3 Å². The number of aryl methyl sites for hydroxylation is 1. The Morgan fingerprint density at radius 3 is 2.62 bits per heavy atom. The minimum atomic E-state index is -0.454. The van der Waals surface area contributed by atoms with Crippen LogP contribution < -0.4 is 4.74 Å². The van der Waals surface area contributed by atoms with E-state index in [9.17, 15) is 9.50 Å². The molecule has 1 N–H and O–H groups in total. The molecule has 1 aromatic heterocycles. The van der Waals surface area contributed by atoms with Gasteiger partial charge in [-0.2, -0.15) is 5.10 Å². The molecule has 4 nitrogen and oxygen atoms in total. The maximum absolute atomic E-state index is 13.4. The van der Waals surface area contributed by atoms with Gasteiger partial charge in [0.25, 0.3) is 0 Å². The second-order valence-corrected chi connectivity index (χ2v) is 3.36. The number of aromatic nitrogens is 2. The van der Waals surface area contributed by atoms with Crippen LogP contribution in [0.1, 0.15) is 0 Å². The maximum atomic E-state index is 13.4. The van der Waals surface area contributed by atoms with Crippen LogP contribution >= 0.6 is 0 Å². The van der Waals surface area contributed by atoms with Crippen molar-refractivity contribution < 1.29 is 14.2 Å². The molecule has 1 aromatic carbocycles. The molecule has 0 amide bonds. The Labute approximate surface area is 91.9 Å². The molecule has 16 heavy (non-hydrogen) atoms. The third-order valence-corrected chi connectivity index (χ3v) is 2.30. The third-order valence-electron chi connectivity index (χ3n) is 2.30. The highest BCUT2D eigenvalue weighted by molar-refractivity contribution is 5.61. The molecule has 0 bridgehead atoms. The number of methoxy groups -OCH3 is 1. The predicted octanol–water partition coefficient (Wildman–Crippen LogP) is 1.94. The summed E-state index contributed by atoms with van der Waals surface area (Å²) in [6, 6.07) is 6.00. The second-order valence-electron chi connectivity index (χ2n) is 3.36. The van der Waals surface area contributed by atoms with E-state index < -0.39 is 5.82 Å². The first-order chi connectivity index (χ1) is 7.61. The molecule has 0 atom stereocenters. The fraction of sp³-hybridized carbons (Fsp3) is 0.182. The van der Waals surface area contributed by atoms with Crippen molar-refractivity contribution in [3.8, 4) is 22.9 Å². The Balaban J connectivity index is 2.45. The Kier molecular flexibility index (Phi) is 2.52. The summed E-state index contributed by atoms with van der Waals surface area (Å²) >= 11 is 0. The molecular weight excluding hydrogens is 211 g/mol. The van der Waals surface area contributed by atoms with E-state index in [0.717, 1.165) is 0 Å². The van der Waals surface area contributed by atoms with E-state index in [1.165, 1.54) is 30.0 Å². The summed E-state index contributed by atoms with van der Waals surface area (Å²) in [5.74, 6) is -0.236. The molecule has 0 aliphatic carbocycles. The molecule has 0 radical (unpaired) electrons. The summed E-state index contributed by atoms with van der Waals surface area (Å²) in [5, 5.41) is 13.4. The van der Waals surface area contributed by atoms with Crippen molar-refractivity contribution in [3.63, 3.8) is 0 Å². The average molecular weight is 222 g/mol. The van der Waals surface area contributed by atoms with E-state index in [2.05, 4.69) is 5.10 Å². The number of ether oxygens (including phenoxy) is 1. The van der Waals surface area contributed by atoms with Gasteiger partial charge in [0.15, 0.2) is 11.6 Å². The van der Waals surface area contributed by atoms with Crippen LogP contribution in [0.15, 0.2) is 24.3 Å². The summed E-state index contributed by atoms with van der Waals surface area (Å²) in [7, 11) is 3.02. The van der Waals surface area contributed by atoms with Gasteiger partial charge in [0.2, 0.25) is 5.88 Å². The average Bonchev–Trinajstić information content (AvgIpc) is 2.59. The zero-order valence-electron chi connectivity index (χ0n) is 8.94. The van der Waals surface area contributed by atoms with Crippen LogP contribution in [0, 0.1) is 5.82 Å². The molecule has 0 spiro atoms. The molecule has 0 unspecified atom stereocenters. The standard InChI is InChI=1S/C11H11FN2O2/c1-14-11(15)6-9(13-14)7-3-4-10(16-2)8(12)5-7/h3-6,15H,1-2H3. The smallest absolute Gasteiger partial charge is 0.209 e. The van der Waals surface area contributed by atoms with Gasteiger partial charge in [-0.1, -0.05) is 0 Å². The van der Waals surface area contributed by atoms with Gasteiger partial charge in [-0.25, -0.2) is 9.07 Å². The van der Waals surface area contributed by atoms with E-state index in [1.54, 1.807) is 13.1 Å². The zero-order valence-corrected chi connectivity index (χ0v) is 8.94. The van der Waals surface area contributed by atoms with Crippen molar-refractivity contribution in [1.82, 2.24) is 9.78 Å². The molecule has 5 heteroatoms. The van der Waals surface area contributed by atoms with Crippen LogP contribution in [0.3, 0.4) is 0 Å². The Morgan fingerprint density at radius 1 is 1.38 bits per heavy atom. The Morgan fingerprint density at radius 2 is 2.12 bits per heavy atom. The highest BCUT2D eigenvalue weighted by Crippen LogP contribution is 2.26. The molecule has 84 valence electrons. The van der Waals surface area contributed by atoms with Crippen LogP contribution in [0.4, 0.5) is 4.39 Å². The van der Waals surface area contributed by atoms with Gasteiger partial charge >= 0.3 is 0 Å². The number of hydrogen-bond donors (Lipinski definition) is 1. The van der Waals surface area contributed by atoms with Gasteiger partial charge in [-0.3, -0.25) is 0 Å². The van der Waals surface area contributed by atoms with Gasteiger partial charge in [-0.05, 0) is 18.2 Å². The van der Waals surface area contributed by atoms with Crippen molar-refractivity contribution in [2.45, 2.75) is 0 Å². The topological polar surface area (TPSA) is 47.3 Å². The third kappa shape index (κ3) is 1.71. The second kappa shape index (κ2) is 3.84. The molecule has 2 aromatic rings. The van der Waals surface area contributed by atoms with E-state index >= 15 is 0 Å². The van der Waals surface area contributed by atoms with Crippen LogP contribution in [-0.2, 0) is 7.05 Å². The fourth-order valence-corrected chi connectivity index (χ4v) is 1.42. The van der Waals surface area contributed by atoms with E-state index in [0.29, 0.717) is 11.3 Å². The predicted molar refractivity (Wildman–Crippen MR) is 56.8 cm³/mol. The fourth-order valence-electron chi connectivity index (χ4n) is 1.42. The minimum absolute atomic E-state index is 0.0335. The Bertz CT molecular complexity index is 503. The largest absolute Gasteiger partial charge is 0.494 e. The molecule has 2 rings (SSSR count). The molecule has 0 saturated heterocycles. The molecule has 0 saturated carbocycles. The summed E-state index contributed by atoms with van der Waals surface area (Å²) in [5.41, 5.74) is 1.11. The monoisotopic (exact) mass is 222 g/mol. The van der Waals surface area contributed by atoms with Crippen LogP contribution in [-0.4, -0.2) is 22.0 Å². The zero-order chi connectivity index (χ0) is 11.7. The van der Waals surface area contributed by atoms with Crippen molar-refractivity contribution >= 4 is 0 Å². The maximum Gasteiger partial charge on any atom is 0.209 e. The van der Waals surface area contributed by atoms with Gasteiger partial charge in [0, 0.05) is 18.7 Å². The summed E-state index contributed by atoms with van der Waals surface area (Å²) in [6.07, 6.45) is 0. The first-order valence-corrected chi connectivity index (χ1v) is 4.68. The number of nitrogens with zero attached hydrogens (tertiary/aromatic N) is 2. The SMILES string of the molecule is COc1ccc(-c2cc(O)n(C)n2)cc1F. The quantitative estimate of drug-likeness (QED) is 0.844. The number of halogens is 1. The summed E-state index contributed by atoms with van der Waals surface area (Å²) in [6.45, 7) is 0. The van der Waals surface area contributed by atoms with Crippen molar-refractivity contribution in [3.05, 3.63) is 30.1 Å². The highest BCUT2D eigenvalue weighted by Gasteiger charge is 2.09. The van der Waals surface area contributed by atoms with Gasteiger partial charge in [0.1, 0.15) is 0 Å². The van der Waals surface area contributed by atoms with E-state index in [-0.39, 0.29) is 11.6 Å². The highest BCUT2D eigenvalue weighted by atomic mass is 19.1. The number of hydrogen-bond acceptors (Lipinski definition) is 3. The van der Waals surface area contributed by atoms with Gasteiger partial charge in [0.05, 0.1) is 12.8 Å². The lowest BCUT2D eigenvalue weighted by Crippen LogP contribution is -1.91. The lowest BCUT2D eigenvalue weighted by atomic mass is 10.1. The minimum Gasteiger partial charge on any atom is -0.494 e. The van der Waals surface area contributed by atoms with Crippen LogP contribution in [0.5, 0.6) is 11.6 Å².